The third-order valence-corrected chi connectivity index (χ3v) is 3.04. The fourth-order valence-corrected chi connectivity index (χ4v) is 2.13. The molecular weight excluding hydrogens is 216 g/mol. The van der Waals surface area contributed by atoms with E-state index in [1.54, 1.807) is 13.3 Å². The van der Waals surface area contributed by atoms with Crippen molar-refractivity contribution in [2.24, 2.45) is 0 Å². The second kappa shape index (κ2) is 4.20. The van der Waals surface area contributed by atoms with Gasteiger partial charge >= 0.3 is 0 Å². The lowest BCUT2D eigenvalue weighted by Crippen LogP contribution is -1.99. The first-order valence-corrected chi connectivity index (χ1v) is 5.86. The van der Waals surface area contributed by atoms with Crippen molar-refractivity contribution in [3.8, 4) is 17.3 Å². The Hall–Kier alpha value is -1.84. The van der Waals surface area contributed by atoms with Crippen molar-refractivity contribution >= 4 is 0 Å². The third-order valence-electron chi connectivity index (χ3n) is 3.04. The van der Waals surface area contributed by atoms with Gasteiger partial charge < -0.3 is 9.15 Å². The van der Waals surface area contributed by atoms with Crippen molar-refractivity contribution in [3.63, 3.8) is 0 Å². The maximum atomic E-state index is 5.80. The van der Waals surface area contributed by atoms with E-state index in [1.165, 1.54) is 12.8 Å². The van der Waals surface area contributed by atoms with Crippen molar-refractivity contribution in [1.29, 1.82) is 0 Å². The predicted octanol–water partition coefficient (Wildman–Crippen LogP) is 2.62. The van der Waals surface area contributed by atoms with Crippen molar-refractivity contribution in [3.05, 3.63) is 29.8 Å². The molecule has 0 amide bonds. The molecule has 0 N–H and O–H groups in total. The van der Waals surface area contributed by atoms with Crippen molar-refractivity contribution < 1.29 is 9.15 Å². The minimum atomic E-state index is 0.582. The van der Waals surface area contributed by atoms with E-state index in [9.17, 15) is 0 Å². The average Bonchev–Trinajstić information content (AvgIpc) is 2.82. The number of pyridine rings is 1. The molecule has 2 heterocycles. The van der Waals surface area contributed by atoms with E-state index in [2.05, 4.69) is 9.97 Å². The smallest absolute Gasteiger partial charge is 0.226 e. The van der Waals surface area contributed by atoms with Crippen LogP contribution in [-0.2, 0) is 12.8 Å². The monoisotopic (exact) mass is 230 g/mol. The number of methoxy groups -OCH3 is 1. The number of nitrogens with zero attached hydrogens (tertiary/aromatic N) is 2. The van der Waals surface area contributed by atoms with Crippen LogP contribution in [0.4, 0.5) is 0 Å². The standard InChI is InChI=1S/C13H14N2O2/c1-16-12-8-9(6-7-14-12)13-15-10-4-2-3-5-11(10)17-13/h6-8H,2-5H2,1H3. The van der Waals surface area contributed by atoms with Gasteiger partial charge in [0, 0.05) is 24.2 Å². The summed E-state index contributed by atoms with van der Waals surface area (Å²) in [4.78, 5) is 8.62. The Morgan fingerprint density at radius 3 is 3.00 bits per heavy atom. The lowest BCUT2D eigenvalue weighted by molar-refractivity contribution is 0.397. The van der Waals surface area contributed by atoms with Crippen LogP contribution in [0.1, 0.15) is 24.3 Å². The SMILES string of the molecule is COc1cc(-c2nc3c(o2)CCCC3)ccn1. The highest BCUT2D eigenvalue weighted by atomic mass is 16.5. The molecule has 1 aliphatic carbocycles. The summed E-state index contributed by atoms with van der Waals surface area (Å²) < 4.78 is 10.9. The van der Waals surface area contributed by atoms with Gasteiger partial charge in [-0.3, -0.25) is 0 Å². The van der Waals surface area contributed by atoms with Crippen LogP contribution in [0.2, 0.25) is 0 Å². The van der Waals surface area contributed by atoms with Gasteiger partial charge in [0.15, 0.2) is 0 Å². The Labute approximate surface area is 99.7 Å². The van der Waals surface area contributed by atoms with Gasteiger partial charge in [-0.25, -0.2) is 9.97 Å². The summed E-state index contributed by atoms with van der Waals surface area (Å²) in [5, 5.41) is 0. The van der Waals surface area contributed by atoms with Crippen molar-refractivity contribution in [2.45, 2.75) is 25.7 Å². The maximum Gasteiger partial charge on any atom is 0.226 e. The molecule has 0 radical (unpaired) electrons. The molecule has 0 unspecified atom stereocenters. The molecule has 3 rings (SSSR count). The fourth-order valence-electron chi connectivity index (χ4n) is 2.13. The molecule has 0 bridgehead atoms. The molecule has 0 spiro atoms. The Kier molecular flexibility index (Phi) is 2.55. The van der Waals surface area contributed by atoms with E-state index in [-0.39, 0.29) is 0 Å². The van der Waals surface area contributed by atoms with Crippen LogP contribution in [-0.4, -0.2) is 17.1 Å². The molecule has 4 nitrogen and oxygen atoms in total. The number of fused-ring (bicyclic) bond motifs is 1. The first-order chi connectivity index (χ1) is 8.36. The van der Waals surface area contributed by atoms with Gasteiger partial charge in [-0.15, -0.1) is 0 Å². The molecule has 17 heavy (non-hydrogen) atoms. The summed E-state index contributed by atoms with van der Waals surface area (Å²) in [6, 6.07) is 3.73. The number of aromatic nitrogens is 2. The first-order valence-electron chi connectivity index (χ1n) is 5.86. The topological polar surface area (TPSA) is 48.2 Å². The molecule has 2 aromatic heterocycles. The van der Waals surface area contributed by atoms with Gasteiger partial charge in [0.2, 0.25) is 11.8 Å². The Morgan fingerprint density at radius 2 is 2.18 bits per heavy atom. The number of aryl methyl sites for hydroxylation is 2. The van der Waals surface area contributed by atoms with Gasteiger partial charge in [0.25, 0.3) is 0 Å². The highest BCUT2D eigenvalue weighted by Crippen LogP contribution is 2.28. The third kappa shape index (κ3) is 1.90. The lowest BCUT2D eigenvalue weighted by atomic mass is 10.0. The molecule has 0 aromatic carbocycles. The van der Waals surface area contributed by atoms with E-state index >= 15 is 0 Å². The Balaban J connectivity index is 2.00. The normalized spacial score (nSPS) is 14.4. The highest BCUT2D eigenvalue weighted by molar-refractivity contribution is 5.54. The second-order valence-electron chi connectivity index (χ2n) is 4.18. The van der Waals surface area contributed by atoms with Gasteiger partial charge in [-0.1, -0.05) is 0 Å². The van der Waals surface area contributed by atoms with E-state index in [0.717, 1.165) is 29.9 Å². The maximum absolute atomic E-state index is 5.80. The van der Waals surface area contributed by atoms with Gasteiger partial charge in [0.1, 0.15) is 5.76 Å². The van der Waals surface area contributed by atoms with Crippen molar-refractivity contribution in [1.82, 2.24) is 9.97 Å². The van der Waals surface area contributed by atoms with Gasteiger partial charge in [-0.2, -0.15) is 0 Å². The van der Waals surface area contributed by atoms with Crippen LogP contribution >= 0.6 is 0 Å². The predicted molar refractivity (Wildman–Crippen MR) is 62.9 cm³/mol. The minimum Gasteiger partial charge on any atom is -0.481 e. The van der Waals surface area contributed by atoms with E-state index in [1.807, 2.05) is 12.1 Å². The fraction of sp³-hybridized carbons (Fsp3) is 0.385. The van der Waals surface area contributed by atoms with E-state index < -0.39 is 0 Å². The molecule has 0 saturated heterocycles. The van der Waals surface area contributed by atoms with Crippen LogP contribution in [0, 0.1) is 0 Å². The quantitative estimate of drug-likeness (QED) is 0.795. The molecule has 0 fully saturated rings. The lowest BCUT2D eigenvalue weighted by Gasteiger charge is -2.05. The molecule has 0 saturated carbocycles. The molecule has 1 aliphatic rings. The summed E-state index contributed by atoms with van der Waals surface area (Å²) in [6.07, 6.45) is 6.14. The first kappa shape index (κ1) is 10.3. The summed E-state index contributed by atoms with van der Waals surface area (Å²) in [5.41, 5.74) is 2.04. The number of ether oxygens (including phenoxy) is 1. The molecule has 0 atom stereocenters. The Morgan fingerprint density at radius 1 is 1.29 bits per heavy atom. The van der Waals surface area contributed by atoms with Gasteiger partial charge in [0.05, 0.1) is 12.8 Å². The molecule has 2 aromatic rings. The molecular formula is C13H14N2O2. The Bertz CT molecular complexity index is 510. The summed E-state index contributed by atoms with van der Waals surface area (Å²) in [6.45, 7) is 0. The molecule has 0 aliphatic heterocycles. The van der Waals surface area contributed by atoms with Crippen LogP contribution < -0.4 is 4.74 Å². The number of oxazole rings is 1. The zero-order chi connectivity index (χ0) is 11.7. The summed E-state index contributed by atoms with van der Waals surface area (Å²) >= 11 is 0. The summed E-state index contributed by atoms with van der Waals surface area (Å²) in [7, 11) is 1.60. The van der Waals surface area contributed by atoms with Crippen LogP contribution in [0.25, 0.3) is 11.5 Å². The molecule has 4 heteroatoms. The average molecular weight is 230 g/mol. The van der Waals surface area contributed by atoms with E-state index in [4.69, 9.17) is 9.15 Å². The van der Waals surface area contributed by atoms with E-state index in [0.29, 0.717) is 11.8 Å². The zero-order valence-electron chi connectivity index (χ0n) is 9.77. The van der Waals surface area contributed by atoms with Crippen LogP contribution in [0.15, 0.2) is 22.7 Å². The largest absolute Gasteiger partial charge is 0.481 e. The number of hydrogen-bond acceptors (Lipinski definition) is 4. The van der Waals surface area contributed by atoms with Crippen LogP contribution in [0.5, 0.6) is 5.88 Å². The van der Waals surface area contributed by atoms with Gasteiger partial charge in [-0.05, 0) is 25.3 Å². The molecule has 88 valence electrons. The highest BCUT2D eigenvalue weighted by Gasteiger charge is 2.17. The number of rotatable bonds is 2. The summed E-state index contributed by atoms with van der Waals surface area (Å²) in [5.74, 6) is 2.30. The van der Waals surface area contributed by atoms with Crippen LogP contribution in [0.3, 0.4) is 0 Å². The number of hydrogen-bond donors (Lipinski definition) is 0. The minimum absolute atomic E-state index is 0.582. The van der Waals surface area contributed by atoms with Crippen molar-refractivity contribution in [2.75, 3.05) is 7.11 Å². The second-order valence-corrected chi connectivity index (χ2v) is 4.18. The zero-order valence-corrected chi connectivity index (χ0v) is 9.77.